The number of phenolic OH excluding ortho intramolecular Hbond substituents is 1. The quantitative estimate of drug-likeness (QED) is 0.614. The zero-order chi connectivity index (χ0) is 17.0. The smallest absolute Gasteiger partial charge is 0.119 e. The fraction of sp³-hybridized carbons (Fsp3) is 0.350. The van der Waals surface area contributed by atoms with E-state index < -0.39 is 0 Å². The summed E-state index contributed by atoms with van der Waals surface area (Å²) in [7, 11) is 2.46. The molecule has 23 heavy (non-hydrogen) atoms. The molecule has 0 aliphatic heterocycles. The molecule has 0 radical (unpaired) electrons. The largest absolute Gasteiger partial charge is 0.508 e. The van der Waals surface area contributed by atoms with Crippen LogP contribution in [0.2, 0.25) is 0 Å². The molecule has 2 aromatic carbocycles. The van der Waals surface area contributed by atoms with Crippen molar-refractivity contribution < 1.29 is 5.11 Å². The number of aromatic hydroxyl groups is 1. The molecule has 0 aliphatic rings. The summed E-state index contributed by atoms with van der Waals surface area (Å²) in [4.78, 5) is 4.37. The molecule has 2 rings (SSSR count). The van der Waals surface area contributed by atoms with Crippen molar-refractivity contribution in [2.45, 2.75) is 39.8 Å². The molecule has 1 N–H and O–H groups in total. The van der Waals surface area contributed by atoms with Gasteiger partial charge < -0.3 is 5.11 Å². The number of aliphatic imine (C=N–C) groups is 1. The van der Waals surface area contributed by atoms with Gasteiger partial charge in [-0.05, 0) is 44.1 Å². The van der Waals surface area contributed by atoms with E-state index in [4.69, 9.17) is 0 Å². The van der Waals surface area contributed by atoms with Crippen LogP contribution < -0.4 is 5.30 Å². The van der Waals surface area contributed by atoms with E-state index in [1.165, 1.54) is 22.0 Å². The summed E-state index contributed by atoms with van der Waals surface area (Å²) in [6, 6.07) is 12.3. The van der Waals surface area contributed by atoms with Gasteiger partial charge in [0.15, 0.2) is 0 Å². The van der Waals surface area contributed by atoms with Crippen LogP contribution in [0, 0.1) is 13.8 Å². The topological polar surface area (TPSA) is 32.6 Å². The van der Waals surface area contributed by atoms with E-state index in [2.05, 4.69) is 57.0 Å². The molecule has 2 unspecified atom stereocenters. The van der Waals surface area contributed by atoms with E-state index in [1.54, 1.807) is 0 Å². The van der Waals surface area contributed by atoms with Crippen molar-refractivity contribution in [3.63, 3.8) is 0 Å². The maximum absolute atomic E-state index is 10.3. The molecule has 122 valence electrons. The van der Waals surface area contributed by atoms with Gasteiger partial charge in [-0.2, -0.15) is 0 Å². The van der Waals surface area contributed by atoms with Crippen LogP contribution in [-0.4, -0.2) is 17.9 Å². The molecule has 3 heteroatoms. The number of nitrogens with zero attached hydrogens (tertiary/aromatic N) is 1. The minimum atomic E-state index is 0.333. The number of benzene rings is 2. The van der Waals surface area contributed by atoms with Gasteiger partial charge in [0.1, 0.15) is 5.75 Å². The number of rotatable bonds is 5. The molecule has 0 saturated heterocycles. The molecule has 2 aromatic rings. The summed E-state index contributed by atoms with van der Waals surface area (Å²) in [5.41, 5.74) is 6.19. The monoisotopic (exact) mass is 327 g/mol. The van der Waals surface area contributed by atoms with Crippen molar-refractivity contribution in [3.8, 4) is 5.75 Å². The molecular formula is C20H26NOP. The number of hydrogen-bond donors (Lipinski definition) is 1. The van der Waals surface area contributed by atoms with Crippen LogP contribution in [0.5, 0.6) is 5.75 Å². The summed E-state index contributed by atoms with van der Waals surface area (Å²) in [5.74, 6) is 0.408. The lowest BCUT2D eigenvalue weighted by atomic mass is 10.1. The first-order valence-corrected chi connectivity index (χ1v) is 9.15. The van der Waals surface area contributed by atoms with Crippen molar-refractivity contribution in [1.82, 2.24) is 0 Å². The predicted octanol–water partition coefficient (Wildman–Crippen LogP) is 4.90. The summed E-state index contributed by atoms with van der Waals surface area (Å²) in [5, 5.41) is 11.7. The highest BCUT2D eigenvalue weighted by Crippen LogP contribution is 2.42. The lowest BCUT2D eigenvalue weighted by Gasteiger charge is -2.21. The molecule has 0 aromatic heterocycles. The van der Waals surface area contributed by atoms with Gasteiger partial charge in [0, 0.05) is 29.5 Å². The molecule has 0 fully saturated rings. The molecule has 2 nitrogen and oxygen atoms in total. The third kappa shape index (κ3) is 4.00. The molecule has 0 bridgehead atoms. The lowest BCUT2D eigenvalue weighted by molar-refractivity contribution is 0.467. The molecule has 0 saturated carbocycles. The van der Waals surface area contributed by atoms with Gasteiger partial charge in [0.05, 0.1) is 0 Å². The highest BCUT2D eigenvalue weighted by Gasteiger charge is 2.18. The van der Waals surface area contributed by atoms with E-state index in [9.17, 15) is 5.11 Å². The van der Waals surface area contributed by atoms with Gasteiger partial charge in [0.25, 0.3) is 0 Å². The van der Waals surface area contributed by atoms with E-state index in [0.717, 1.165) is 17.7 Å². The number of hydrogen-bond acceptors (Lipinski definition) is 2. The van der Waals surface area contributed by atoms with Crippen LogP contribution in [0.1, 0.15) is 48.2 Å². The second-order valence-corrected chi connectivity index (χ2v) is 7.46. The van der Waals surface area contributed by atoms with Crippen molar-refractivity contribution in [2.75, 3.05) is 7.05 Å². The first-order valence-electron chi connectivity index (χ1n) is 8.07. The first kappa shape index (κ1) is 17.7. The van der Waals surface area contributed by atoms with Gasteiger partial charge in [-0.15, -0.1) is 0 Å². The van der Waals surface area contributed by atoms with Gasteiger partial charge in [-0.25, -0.2) is 0 Å². The number of aryl methyl sites for hydroxylation is 2. The summed E-state index contributed by atoms with van der Waals surface area (Å²) < 4.78 is 0. The SMILES string of the molecule is CCC(Pc1c(C)cccc1C(C)=NC)c1cc(C)ccc1O. The first-order chi connectivity index (χ1) is 11.0. The van der Waals surface area contributed by atoms with Crippen LogP contribution in [0.3, 0.4) is 0 Å². The van der Waals surface area contributed by atoms with E-state index >= 15 is 0 Å². The van der Waals surface area contributed by atoms with Gasteiger partial charge in [-0.1, -0.05) is 51.4 Å². The Bertz CT molecular complexity index is 722. The molecule has 0 aliphatic carbocycles. The summed E-state index contributed by atoms with van der Waals surface area (Å²) in [6.45, 7) is 8.50. The van der Waals surface area contributed by atoms with Crippen LogP contribution in [0.25, 0.3) is 0 Å². The van der Waals surface area contributed by atoms with Crippen molar-refractivity contribution >= 4 is 19.6 Å². The van der Waals surface area contributed by atoms with Crippen LogP contribution in [0.15, 0.2) is 41.4 Å². The average Bonchev–Trinajstić information content (AvgIpc) is 2.55. The lowest BCUT2D eigenvalue weighted by Crippen LogP contribution is -2.14. The molecule has 0 heterocycles. The third-order valence-corrected chi connectivity index (χ3v) is 6.30. The molecule has 2 atom stereocenters. The second kappa shape index (κ2) is 7.75. The zero-order valence-electron chi connectivity index (χ0n) is 14.6. The fourth-order valence-corrected chi connectivity index (χ4v) is 4.48. The fourth-order valence-electron chi connectivity index (χ4n) is 2.81. The zero-order valence-corrected chi connectivity index (χ0v) is 15.6. The standard InChI is InChI=1S/C20H26NOP/c1-6-19(17-12-13(2)10-11-18(17)22)23-20-14(3)8-7-9-16(20)15(4)21-5/h7-12,19,22-23H,6H2,1-5H3. The Hall–Kier alpha value is -1.66. The maximum Gasteiger partial charge on any atom is 0.119 e. The molecule has 0 spiro atoms. The highest BCUT2D eigenvalue weighted by atomic mass is 31.1. The molecular weight excluding hydrogens is 301 g/mol. The Morgan fingerprint density at radius 1 is 1.22 bits per heavy atom. The van der Waals surface area contributed by atoms with E-state index in [0.29, 0.717) is 20.0 Å². The minimum Gasteiger partial charge on any atom is -0.508 e. The van der Waals surface area contributed by atoms with E-state index in [-0.39, 0.29) is 0 Å². The Kier molecular flexibility index (Phi) is 5.96. The Morgan fingerprint density at radius 3 is 2.61 bits per heavy atom. The third-order valence-electron chi connectivity index (χ3n) is 4.28. The van der Waals surface area contributed by atoms with Crippen LogP contribution in [0.4, 0.5) is 0 Å². The van der Waals surface area contributed by atoms with Crippen molar-refractivity contribution in [1.29, 1.82) is 0 Å². The maximum atomic E-state index is 10.3. The van der Waals surface area contributed by atoms with Gasteiger partial charge in [0.2, 0.25) is 0 Å². The number of phenols is 1. The Morgan fingerprint density at radius 2 is 1.96 bits per heavy atom. The Balaban J connectivity index is 2.46. The predicted molar refractivity (Wildman–Crippen MR) is 103 cm³/mol. The van der Waals surface area contributed by atoms with Gasteiger partial charge in [-0.3, -0.25) is 4.99 Å². The van der Waals surface area contributed by atoms with Crippen molar-refractivity contribution in [3.05, 3.63) is 58.7 Å². The van der Waals surface area contributed by atoms with E-state index in [1.807, 2.05) is 19.2 Å². The Labute approximate surface area is 141 Å². The van der Waals surface area contributed by atoms with Gasteiger partial charge >= 0.3 is 0 Å². The highest BCUT2D eigenvalue weighted by molar-refractivity contribution is 7.48. The summed E-state index contributed by atoms with van der Waals surface area (Å²) in [6.07, 6.45) is 1.01. The average molecular weight is 327 g/mol. The normalized spacial score (nSPS) is 13.7. The molecule has 0 amide bonds. The minimum absolute atomic E-state index is 0.333. The summed E-state index contributed by atoms with van der Waals surface area (Å²) >= 11 is 0. The van der Waals surface area contributed by atoms with Crippen molar-refractivity contribution in [2.24, 2.45) is 4.99 Å². The second-order valence-electron chi connectivity index (χ2n) is 5.97. The van der Waals surface area contributed by atoms with Crippen LogP contribution >= 0.6 is 8.58 Å². The van der Waals surface area contributed by atoms with Crippen LogP contribution in [-0.2, 0) is 0 Å².